The second-order valence-corrected chi connectivity index (χ2v) is 3.39. The molecule has 0 unspecified atom stereocenters. The molecule has 4 nitrogen and oxygen atoms in total. The topological polar surface area (TPSA) is 60.2 Å². The van der Waals surface area contributed by atoms with Crippen LogP contribution in [0.3, 0.4) is 0 Å². The molecule has 0 saturated heterocycles. The third-order valence-corrected chi connectivity index (χ3v) is 2.55. The standard InChI is InChI=1S/C7H2Cl3NO3/c8-5-3(7(10)12)1-2-4(6(5)9)11(13)14/h1-2H. The molecular formula is C7H2Cl3NO3. The Labute approximate surface area is 93.5 Å². The van der Waals surface area contributed by atoms with Gasteiger partial charge in [0, 0.05) is 6.07 Å². The number of benzene rings is 1. The monoisotopic (exact) mass is 253 g/mol. The molecule has 0 aliphatic carbocycles. The minimum Gasteiger partial charge on any atom is -0.276 e. The number of rotatable bonds is 2. The van der Waals surface area contributed by atoms with Gasteiger partial charge in [0.15, 0.2) is 0 Å². The Kier molecular flexibility index (Phi) is 3.31. The number of nitro groups is 1. The van der Waals surface area contributed by atoms with Crippen LogP contribution in [-0.4, -0.2) is 10.2 Å². The van der Waals surface area contributed by atoms with Crippen LogP contribution in [0.4, 0.5) is 5.69 Å². The van der Waals surface area contributed by atoms with E-state index in [1.165, 1.54) is 0 Å². The first kappa shape index (κ1) is 11.2. The van der Waals surface area contributed by atoms with Gasteiger partial charge in [-0.15, -0.1) is 0 Å². The van der Waals surface area contributed by atoms with Crippen LogP contribution in [0.5, 0.6) is 0 Å². The van der Waals surface area contributed by atoms with Gasteiger partial charge in [-0.1, -0.05) is 23.2 Å². The van der Waals surface area contributed by atoms with E-state index in [2.05, 4.69) is 0 Å². The fraction of sp³-hybridized carbons (Fsp3) is 0. The lowest BCUT2D eigenvalue weighted by atomic mass is 10.2. The molecule has 74 valence electrons. The van der Waals surface area contributed by atoms with E-state index in [1.54, 1.807) is 0 Å². The third-order valence-electron chi connectivity index (χ3n) is 1.47. The zero-order valence-electron chi connectivity index (χ0n) is 6.46. The van der Waals surface area contributed by atoms with E-state index in [9.17, 15) is 14.9 Å². The van der Waals surface area contributed by atoms with Gasteiger partial charge in [-0.3, -0.25) is 14.9 Å². The second kappa shape index (κ2) is 4.13. The summed E-state index contributed by atoms with van der Waals surface area (Å²) in [6.45, 7) is 0. The molecule has 0 aliphatic rings. The predicted octanol–water partition coefficient (Wildman–Crippen LogP) is 3.28. The molecule has 1 aromatic carbocycles. The van der Waals surface area contributed by atoms with Gasteiger partial charge in [-0.05, 0) is 17.7 Å². The molecule has 0 N–H and O–H groups in total. The van der Waals surface area contributed by atoms with Gasteiger partial charge in [-0.25, -0.2) is 0 Å². The van der Waals surface area contributed by atoms with Crippen LogP contribution in [0.25, 0.3) is 0 Å². The summed E-state index contributed by atoms with van der Waals surface area (Å²) >= 11 is 16.3. The Morgan fingerprint density at radius 2 is 1.86 bits per heavy atom. The molecule has 0 aliphatic heterocycles. The minimum atomic E-state index is -0.813. The number of carbonyl (C=O) groups is 1. The molecule has 0 amide bonds. The molecule has 14 heavy (non-hydrogen) atoms. The summed E-state index contributed by atoms with van der Waals surface area (Å²) in [6, 6.07) is 2.23. The molecule has 1 rings (SSSR count). The third kappa shape index (κ3) is 1.97. The lowest BCUT2D eigenvalue weighted by molar-refractivity contribution is -0.384. The average Bonchev–Trinajstić information content (AvgIpc) is 2.08. The smallest absolute Gasteiger partial charge is 0.276 e. The first-order chi connectivity index (χ1) is 6.45. The lowest BCUT2D eigenvalue weighted by Gasteiger charge is -2.01. The molecule has 0 radical (unpaired) electrons. The van der Waals surface area contributed by atoms with Crippen molar-refractivity contribution in [3.8, 4) is 0 Å². The van der Waals surface area contributed by atoms with Crippen molar-refractivity contribution >= 4 is 45.7 Å². The lowest BCUT2D eigenvalue weighted by Crippen LogP contribution is -1.95. The van der Waals surface area contributed by atoms with Crippen molar-refractivity contribution in [1.29, 1.82) is 0 Å². The van der Waals surface area contributed by atoms with Gasteiger partial charge >= 0.3 is 0 Å². The van der Waals surface area contributed by atoms with Gasteiger partial charge in [0.2, 0.25) is 0 Å². The molecule has 0 spiro atoms. The highest BCUT2D eigenvalue weighted by Gasteiger charge is 2.20. The maximum atomic E-state index is 10.8. The molecule has 0 fully saturated rings. The molecular weight excluding hydrogens is 252 g/mol. The number of nitrogens with zero attached hydrogens (tertiary/aromatic N) is 1. The van der Waals surface area contributed by atoms with Crippen molar-refractivity contribution in [3.63, 3.8) is 0 Å². The van der Waals surface area contributed by atoms with Gasteiger partial charge in [0.25, 0.3) is 10.9 Å². The first-order valence-electron chi connectivity index (χ1n) is 3.27. The van der Waals surface area contributed by atoms with Crippen LogP contribution >= 0.6 is 34.8 Å². The number of hydrogen-bond acceptors (Lipinski definition) is 3. The van der Waals surface area contributed by atoms with Crippen LogP contribution in [0.2, 0.25) is 10.0 Å². The Balaban J connectivity index is 3.41. The molecule has 0 atom stereocenters. The van der Waals surface area contributed by atoms with E-state index in [4.69, 9.17) is 34.8 Å². The zero-order chi connectivity index (χ0) is 10.9. The van der Waals surface area contributed by atoms with E-state index >= 15 is 0 Å². The summed E-state index contributed by atoms with van der Waals surface area (Å²) in [7, 11) is 0. The predicted molar refractivity (Wildman–Crippen MR) is 53.3 cm³/mol. The summed E-state index contributed by atoms with van der Waals surface area (Å²) < 4.78 is 0. The van der Waals surface area contributed by atoms with Gasteiger partial charge < -0.3 is 0 Å². The quantitative estimate of drug-likeness (QED) is 0.462. The van der Waals surface area contributed by atoms with Crippen molar-refractivity contribution in [1.82, 2.24) is 0 Å². The molecule has 0 heterocycles. The second-order valence-electron chi connectivity index (χ2n) is 2.29. The van der Waals surface area contributed by atoms with Crippen LogP contribution in [-0.2, 0) is 0 Å². The zero-order valence-corrected chi connectivity index (χ0v) is 8.73. The number of halogens is 3. The minimum absolute atomic E-state index is 0.0519. The molecule has 0 saturated carbocycles. The summed E-state index contributed by atoms with van der Waals surface area (Å²) in [5.74, 6) is 0. The Morgan fingerprint density at radius 3 is 2.29 bits per heavy atom. The van der Waals surface area contributed by atoms with Crippen molar-refractivity contribution in [3.05, 3.63) is 37.9 Å². The normalized spacial score (nSPS) is 9.93. The molecule has 0 bridgehead atoms. The van der Waals surface area contributed by atoms with Crippen LogP contribution < -0.4 is 0 Å². The summed E-state index contributed by atoms with van der Waals surface area (Å²) in [5, 5.41) is 9.09. The highest BCUT2D eigenvalue weighted by Crippen LogP contribution is 2.34. The Hall–Kier alpha value is -0.840. The van der Waals surface area contributed by atoms with Crippen molar-refractivity contribution in [2.24, 2.45) is 0 Å². The maximum Gasteiger partial charge on any atom is 0.289 e. The van der Waals surface area contributed by atoms with Crippen LogP contribution in [0, 0.1) is 10.1 Å². The van der Waals surface area contributed by atoms with Gasteiger partial charge in [-0.2, -0.15) is 0 Å². The summed E-state index contributed by atoms with van der Waals surface area (Å²) in [4.78, 5) is 20.5. The Bertz CT molecular complexity index is 380. The average molecular weight is 254 g/mol. The fourth-order valence-corrected chi connectivity index (χ4v) is 1.52. The molecule has 1 aromatic rings. The maximum absolute atomic E-state index is 10.8. The van der Waals surface area contributed by atoms with Gasteiger partial charge in [0.1, 0.15) is 5.02 Å². The van der Waals surface area contributed by atoms with Crippen LogP contribution in [0.1, 0.15) is 10.4 Å². The van der Waals surface area contributed by atoms with E-state index in [0.717, 1.165) is 12.1 Å². The van der Waals surface area contributed by atoms with E-state index < -0.39 is 10.2 Å². The summed E-state index contributed by atoms with van der Waals surface area (Å²) in [5.41, 5.74) is -0.415. The fourth-order valence-electron chi connectivity index (χ4n) is 0.832. The first-order valence-corrected chi connectivity index (χ1v) is 4.40. The molecule has 7 heteroatoms. The highest BCUT2D eigenvalue weighted by molar-refractivity contribution is 6.69. The van der Waals surface area contributed by atoms with E-state index in [1.807, 2.05) is 0 Å². The molecule has 0 aromatic heterocycles. The Morgan fingerprint density at radius 1 is 1.29 bits per heavy atom. The van der Waals surface area contributed by atoms with E-state index in [-0.39, 0.29) is 21.3 Å². The number of hydrogen-bond donors (Lipinski definition) is 0. The summed E-state index contributed by atoms with van der Waals surface area (Å²) in [6.07, 6.45) is 0. The van der Waals surface area contributed by atoms with Crippen LogP contribution in [0.15, 0.2) is 12.1 Å². The van der Waals surface area contributed by atoms with Crippen molar-refractivity contribution in [2.75, 3.05) is 0 Å². The van der Waals surface area contributed by atoms with Crippen molar-refractivity contribution < 1.29 is 9.72 Å². The van der Waals surface area contributed by atoms with E-state index in [0.29, 0.717) is 0 Å². The number of nitro benzene ring substituents is 1. The van der Waals surface area contributed by atoms with Crippen molar-refractivity contribution in [2.45, 2.75) is 0 Å². The largest absolute Gasteiger partial charge is 0.289 e. The number of carbonyl (C=O) groups excluding carboxylic acids is 1. The highest BCUT2D eigenvalue weighted by atomic mass is 35.5. The SMILES string of the molecule is O=C(Cl)c1ccc([N+](=O)[O-])c(Cl)c1Cl. The van der Waals surface area contributed by atoms with Gasteiger partial charge in [0.05, 0.1) is 15.5 Å².